The fourth-order valence-corrected chi connectivity index (χ4v) is 15.3. The van der Waals surface area contributed by atoms with Gasteiger partial charge in [-0.3, -0.25) is 0 Å². The van der Waals surface area contributed by atoms with Crippen molar-refractivity contribution in [3.8, 4) is 19.5 Å². The Kier molecular flexibility index (Phi) is 33.8. The van der Waals surface area contributed by atoms with Crippen LogP contribution in [0.4, 0.5) is 0 Å². The molecule has 2 unspecified atom stereocenters. The molecular formula is C62H105NS4. The molecule has 4 rings (SSSR count). The van der Waals surface area contributed by atoms with Crippen LogP contribution in [0.2, 0.25) is 0 Å². The Labute approximate surface area is 432 Å². The van der Waals surface area contributed by atoms with Gasteiger partial charge in [0.05, 0.1) is 19.5 Å². The summed E-state index contributed by atoms with van der Waals surface area (Å²) in [4.78, 5) is 11.0. The number of rotatable bonds is 46. The number of thiazole rings is 1. The van der Waals surface area contributed by atoms with E-state index in [4.69, 9.17) is 4.98 Å². The lowest BCUT2D eigenvalue weighted by Gasteiger charge is -2.16. The lowest BCUT2D eigenvalue weighted by molar-refractivity contribution is 0.400. The zero-order valence-corrected chi connectivity index (χ0v) is 48.0. The van der Waals surface area contributed by atoms with Crippen molar-refractivity contribution in [3.63, 3.8) is 0 Å². The summed E-state index contributed by atoms with van der Waals surface area (Å²) in [6.45, 7) is 11.5. The molecule has 0 aliphatic heterocycles. The molecule has 67 heavy (non-hydrogen) atoms. The van der Waals surface area contributed by atoms with Crippen molar-refractivity contribution < 1.29 is 0 Å². The molecule has 382 valence electrons. The van der Waals surface area contributed by atoms with E-state index in [0.29, 0.717) is 0 Å². The largest absolute Gasteiger partial charge is 0.240 e. The van der Waals surface area contributed by atoms with Crippen LogP contribution in [0.15, 0.2) is 22.9 Å². The van der Waals surface area contributed by atoms with Crippen LogP contribution >= 0.6 is 45.3 Å². The molecule has 0 radical (unpaired) electrons. The predicted octanol–water partition coefficient (Wildman–Crippen LogP) is 24.1. The molecule has 0 amide bonds. The highest BCUT2D eigenvalue weighted by Crippen LogP contribution is 2.49. The van der Waals surface area contributed by atoms with E-state index < -0.39 is 0 Å². The Morgan fingerprint density at radius 2 is 0.672 bits per heavy atom. The van der Waals surface area contributed by atoms with Crippen molar-refractivity contribution in [1.82, 2.24) is 4.98 Å². The first-order valence-corrected chi connectivity index (χ1v) is 33.0. The minimum atomic E-state index is 0.825. The molecule has 0 saturated heterocycles. The molecule has 1 nitrogen and oxygen atoms in total. The van der Waals surface area contributed by atoms with Crippen LogP contribution in [0.3, 0.4) is 0 Å². The predicted molar refractivity (Wildman–Crippen MR) is 311 cm³/mol. The summed E-state index contributed by atoms with van der Waals surface area (Å²) >= 11 is 7.95. The van der Waals surface area contributed by atoms with Crippen LogP contribution in [0.5, 0.6) is 0 Å². The van der Waals surface area contributed by atoms with E-state index in [1.165, 1.54) is 304 Å². The summed E-state index contributed by atoms with van der Waals surface area (Å²) in [6, 6.07) is 5.17. The molecule has 0 saturated carbocycles. The van der Waals surface area contributed by atoms with Crippen LogP contribution in [0, 0.1) is 18.8 Å². The third-order valence-electron chi connectivity index (χ3n) is 15.0. The highest BCUT2D eigenvalue weighted by Gasteiger charge is 2.22. The van der Waals surface area contributed by atoms with Crippen molar-refractivity contribution in [2.24, 2.45) is 11.8 Å². The zero-order valence-electron chi connectivity index (χ0n) is 44.7. The number of unbranched alkanes of at least 4 members (excludes halogenated alkanes) is 32. The maximum atomic E-state index is 5.22. The Hall–Kier alpha value is -1.01. The van der Waals surface area contributed by atoms with Gasteiger partial charge in [0.15, 0.2) is 0 Å². The standard InChI is InChI=1S/C62H105NS4/c1-6-10-14-18-22-26-28-32-36-40-43-53(42-38-34-30-24-20-16-12-8-3)46-55-48-57(64-50-55)60-59-62(66-52(5)63-59)61(67-60)58-49-56(51-65-58)47-54(44-39-35-31-25-21-17-13-9-4)45-41-37-33-29-27-23-19-15-11-7-2/h48-51,53-54H,6-47H2,1-5H3. The van der Waals surface area contributed by atoms with E-state index in [1.54, 1.807) is 11.1 Å². The van der Waals surface area contributed by atoms with E-state index >= 15 is 0 Å². The van der Waals surface area contributed by atoms with Gasteiger partial charge in [-0.15, -0.1) is 45.3 Å². The molecule has 0 fully saturated rings. The quantitative estimate of drug-likeness (QED) is 0.0402. The molecular weight excluding hydrogens is 887 g/mol. The Morgan fingerprint density at radius 3 is 1.00 bits per heavy atom. The first-order valence-electron chi connectivity index (χ1n) is 29.6. The molecule has 0 N–H and O–H groups in total. The van der Waals surface area contributed by atoms with E-state index in [1.807, 2.05) is 45.3 Å². The van der Waals surface area contributed by atoms with Crippen LogP contribution in [0.25, 0.3) is 29.7 Å². The Bertz CT molecular complexity index is 1600. The normalized spacial score (nSPS) is 12.9. The van der Waals surface area contributed by atoms with Gasteiger partial charge in [-0.1, -0.05) is 285 Å². The summed E-state index contributed by atoms with van der Waals surface area (Å²) in [5.41, 5.74) is 4.43. The van der Waals surface area contributed by atoms with Gasteiger partial charge in [-0.2, -0.15) is 0 Å². The molecule has 4 aromatic rings. The van der Waals surface area contributed by atoms with Gasteiger partial charge in [0.1, 0.15) is 5.52 Å². The van der Waals surface area contributed by atoms with Crippen LogP contribution in [-0.2, 0) is 12.8 Å². The second-order valence-corrected chi connectivity index (χ2v) is 25.5. The fraction of sp³-hybridized carbons (Fsp3) is 0.790. The average molecular weight is 993 g/mol. The van der Waals surface area contributed by atoms with E-state index in [2.05, 4.69) is 57.5 Å². The smallest absolute Gasteiger partial charge is 0.102 e. The summed E-state index contributed by atoms with van der Waals surface area (Å²) in [5.74, 6) is 1.65. The summed E-state index contributed by atoms with van der Waals surface area (Å²) in [6.07, 6.45) is 59.5. The monoisotopic (exact) mass is 992 g/mol. The third kappa shape index (κ3) is 25.3. The highest BCUT2D eigenvalue weighted by atomic mass is 32.1. The summed E-state index contributed by atoms with van der Waals surface area (Å²) in [7, 11) is 0. The van der Waals surface area contributed by atoms with Crippen molar-refractivity contribution >= 4 is 55.6 Å². The van der Waals surface area contributed by atoms with Crippen LogP contribution in [0.1, 0.15) is 301 Å². The highest BCUT2D eigenvalue weighted by molar-refractivity contribution is 7.31. The van der Waals surface area contributed by atoms with Gasteiger partial charge < -0.3 is 0 Å². The third-order valence-corrected chi connectivity index (χ3v) is 19.6. The van der Waals surface area contributed by atoms with Gasteiger partial charge in [0.25, 0.3) is 0 Å². The lowest BCUT2D eigenvalue weighted by Crippen LogP contribution is -2.05. The molecule has 2 atom stereocenters. The van der Waals surface area contributed by atoms with E-state index in [-0.39, 0.29) is 0 Å². The average Bonchev–Trinajstić information content (AvgIpc) is 4.14. The van der Waals surface area contributed by atoms with Crippen molar-refractivity contribution in [1.29, 1.82) is 0 Å². The van der Waals surface area contributed by atoms with E-state index in [0.717, 1.165) is 11.8 Å². The molecule has 4 heterocycles. The molecule has 0 spiro atoms. The second-order valence-electron chi connectivity index (χ2n) is 21.4. The maximum absolute atomic E-state index is 5.22. The second kappa shape index (κ2) is 38.6. The molecule has 0 bridgehead atoms. The van der Waals surface area contributed by atoms with Gasteiger partial charge in [0, 0.05) is 9.75 Å². The van der Waals surface area contributed by atoms with Gasteiger partial charge in [0.2, 0.25) is 0 Å². The van der Waals surface area contributed by atoms with Crippen molar-refractivity contribution in [3.05, 3.63) is 39.0 Å². The minimum absolute atomic E-state index is 0.825. The summed E-state index contributed by atoms with van der Waals surface area (Å²) < 4.78 is 1.43. The maximum Gasteiger partial charge on any atom is 0.102 e. The number of thiophene rings is 3. The van der Waals surface area contributed by atoms with Gasteiger partial charge >= 0.3 is 0 Å². The first kappa shape index (κ1) is 58.6. The number of aryl methyl sites for hydroxylation is 1. The Balaban J connectivity index is 1.36. The molecule has 0 aliphatic rings. The molecule has 0 aromatic carbocycles. The van der Waals surface area contributed by atoms with Crippen LogP contribution in [-0.4, -0.2) is 4.98 Å². The molecule has 4 aromatic heterocycles. The van der Waals surface area contributed by atoms with Gasteiger partial charge in [-0.05, 0) is 65.6 Å². The van der Waals surface area contributed by atoms with E-state index in [9.17, 15) is 0 Å². The number of fused-ring (bicyclic) bond motifs is 1. The van der Waals surface area contributed by atoms with Gasteiger partial charge in [-0.25, -0.2) is 4.98 Å². The number of hydrogen-bond donors (Lipinski definition) is 0. The first-order chi connectivity index (χ1) is 33.1. The van der Waals surface area contributed by atoms with Crippen molar-refractivity contribution in [2.75, 3.05) is 0 Å². The number of nitrogens with zero attached hydrogens (tertiary/aromatic N) is 1. The Morgan fingerprint density at radius 1 is 0.373 bits per heavy atom. The van der Waals surface area contributed by atoms with Crippen molar-refractivity contribution in [2.45, 2.75) is 304 Å². The zero-order chi connectivity index (χ0) is 47.4. The number of hydrogen-bond acceptors (Lipinski definition) is 5. The molecule has 5 heteroatoms. The molecule has 0 aliphatic carbocycles. The fourth-order valence-electron chi connectivity index (χ4n) is 10.8. The SMILES string of the molecule is CCCCCCCCCCCCC(CCCCCCCCCC)Cc1csc(-c2sc(-c3cc(CC(CCCCCCCCCC)CCCCCCCCCCCC)cs3)c3sc(C)nc23)c1. The topological polar surface area (TPSA) is 12.9 Å². The minimum Gasteiger partial charge on any atom is -0.240 e. The van der Waals surface area contributed by atoms with Crippen LogP contribution < -0.4 is 0 Å². The lowest BCUT2D eigenvalue weighted by atomic mass is 9.89. The summed E-state index contributed by atoms with van der Waals surface area (Å²) in [5, 5.41) is 6.25. The number of aromatic nitrogens is 1.